The highest BCUT2D eigenvalue weighted by Gasteiger charge is 2.25. The van der Waals surface area contributed by atoms with E-state index in [1.54, 1.807) is 24.3 Å². The van der Waals surface area contributed by atoms with Gasteiger partial charge in [0.1, 0.15) is 0 Å². The predicted octanol–water partition coefficient (Wildman–Crippen LogP) is 8.20. The number of aliphatic hydroxyl groups excluding tert-OH is 1. The van der Waals surface area contributed by atoms with Crippen molar-refractivity contribution in [3.8, 4) is 0 Å². The Labute approximate surface area is 213 Å². The van der Waals surface area contributed by atoms with Crippen molar-refractivity contribution < 1.29 is 19.4 Å². The van der Waals surface area contributed by atoms with E-state index in [0.29, 0.717) is 17.5 Å². The molecule has 0 saturated heterocycles. The summed E-state index contributed by atoms with van der Waals surface area (Å²) in [6.07, 6.45) is 11.5. The molecule has 0 fully saturated rings. The number of anilines is 1. The zero-order valence-electron chi connectivity index (χ0n) is 22.7. The first-order valence-electron chi connectivity index (χ1n) is 13.7. The fraction of sp³-hybridized carbons (Fsp3) is 0.724. The average molecular weight is 491 g/mol. The highest BCUT2D eigenvalue weighted by Crippen LogP contribution is 2.34. The van der Waals surface area contributed by atoms with E-state index < -0.39 is 18.3 Å². The smallest absolute Gasteiger partial charge is 0.388 e. The molecule has 4 N–H and O–H groups in total. The molecule has 0 aliphatic rings. The van der Waals surface area contributed by atoms with Gasteiger partial charge in [-0.15, -0.1) is 0 Å². The summed E-state index contributed by atoms with van der Waals surface area (Å²) < 4.78 is 4.27. The Balaban J connectivity index is 2.54. The molecule has 1 aromatic carbocycles. The largest absolute Gasteiger partial charge is 0.420 e. The first kappa shape index (κ1) is 31.0. The molecule has 1 aromatic rings. The van der Waals surface area contributed by atoms with Gasteiger partial charge >= 0.3 is 12.2 Å². The minimum Gasteiger partial charge on any atom is -0.388 e. The van der Waals surface area contributed by atoms with Crippen LogP contribution >= 0.6 is 0 Å². The normalized spacial score (nSPS) is 14.1. The van der Waals surface area contributed by atoms with Crippen LogP contribution in [0.15, 0.2) is 24.3 Å². The van der Waals surface area contributed by atoms with E-state index in [9.17, 15) is 14.7 Å². The van der Waals surface area contributed by atoms with Crippen LogP contribution in [0.25, 0.3) is 0 Å². The molecule has 2 amide bonds. The van der Waals surface area contributed by atoms with E-state index in [2.05, 4.69) is 44.7 Å². The van der Waals surface area contributed by atoms with E-state index >= 15 is 0 Å². The van der Waals surface area contributed by atoms with E-state index in [0.717, 1.165) is 24.3 Å². The Kier molecular flexibility index (Phi) is 15.4. The van der Waals surface area contributed by atoms with Crippen LogP contribution in [-0.2, 0) is 4.74 Å². The Morgan fingerprint density at radius 3 is 1.97 bits per heavy atom. The number of hydrogen-bond donors (Lipinski definition) is 3. The van der Waals surface area contributed by atoms with Crippen LogP contribution in [0.2, 0.25) is 0 Å². The number of hydrogen-bond acceptors (Lipinski definition) is 4. The minimum absolute atomic E-state index is 0.167. The van der Waals surface area contributed by atoms with Gasteiger partial charge in [-0.2, -0.15) is 0 Å². The van der Waals surface area contributed by atoms with Gasteiger partial charge in [-0.25, -0.2) is 9.59 Å². The maximum atomic E-state index is 11.5. The molecule has 0 radical (unpaired) electrons. The van der Waals surface area contributed by atoms with E-state index in [4.69, 9.17) is 5.73 Å². The lowest BCUT2D eigenvalue weighted by atomic mass is 9.80. The fourth-order valence-corrected chi connectivity index (χ4v) is 4.89. The Bertz CT molecular complexity index is 718. The van der Waals surface area contributed by atoms with Gasteiger partial charge in [0.05, 0.1) is 6.10 Å². The van der Waals surface area contributed by atoms with Crippen molar-refractivity contribution in [1.29, 1.82) is 0 Å². The summed E-state index contributed by atoms with van der Waals surface area (Å²) in [4.78, 5) is 22.2. The van der Waals surface area contributed by atoms with E-state index in [1.807, 2.05) is 0 Å². The van der Waals surface area contributed by atoms with Crippen LogP contribution in [0, 0.1) is 23.7 Å². The number of amides is 2. The number of benzene rings is 1. The number of unbranched alkanes of at least 4 members (excludes halogenated alkanes) is 6. The third kappa shape index (κ3) is 13.0. The molecule has 0 heterocycles. The van der Waals surface area contributed by atoms with Gasteiger partial charge in [0.15, 0.2) is 0 Å². The number of aliphatic hydroxyl groups is 1. The molecule has 0 aromatic heterocycles. The molecule has 0 saturated carbocycles. The molecule has 1 rings (SSSR count). The van der Waals surface area contributed by atoms with Crippen molar-refractivity contribution in [3.63, 3.8) is 0 Å². The zero-order valence-corrected chi connectivity index (χ0v) is 22.7. The first-order valence-corrected chi connectivity index (χ1v) is 13.7. The summed E-state index contributed by atoms with van der Waals surface area (Å²) in [7, 11) is 0. The van der Waals surface area contributed by atoms with Gasteiger partial charge < -0.3 is 15.6 Å². The van der Waals surface area contributed by atoms with Crippen LogP contribution in [0.5, 0.6) is 0 Å². The summed E-state index contributed by atoms with van der Waals surface area (Å²) in [5.41, 5.74) is 6.13. The van der Waals surface area contributed by atoms with Gasteiger partial charge in [0, 0.05) is 5.69 Å². The summed E-state index contributed by atoms with van der Waals surface area (Å²) in [5, 5.41) is 13.5. The Morgan fingerprint density at radius 2 is 1.43 bits per heavy atom. The standard InChI is InChI=1S/C29H50N2O4/c1-6-7-8-9-10-11-12-14-23(21(2)3)15-13-16-26(22(4)5)27(32)24-17-19-25(20-18-24)31-29(34)35-28(30)33/h17-23,26-27,32H,6-16H2,1-5H3,(H2,30,33)(H,31,34). The van der Waals surface area contributed by atoms with Crippen molar-refractivity contribution in [2.75, 3.05) is 5.32 Å². The van der Waals surface area contributed by atoms with Crippen LogP contribution in [0.3, 0.4) is 0 Å². The topological polar surface area (TPSA) is 102 Å². The number of carbonyl (C=O) groups is 2. The molecule has 0 bridgehead atoms. The summed E-state index contributed by atoms with van der Waals surface area (Å²) >= 11 is 0. The molecule has 0 spiro atoms. The number of nitrogens with one attached hydrogen (secondary N) is 1. The van der Waals surface area contributed by atoms with Crippen molar-refractivity contribution in [3.05, 3.63) is 29.8 Å². The van der Waals surface area contributed by atoms with Gasteiger partial charge in [0.2, 0.25) is 0 Å². The monoisotopic (exact) mass is 490 g/mol. The third-order valence-corrected chi connectivity index (χ3v) is 7.19. The second kappa shape index (κ2) is 17.4. The lowest BCUT2D eigenvalue weighted by Crippen LogP contribution is -2.22. The van der Waals surface area contributed by atoms with Crippen LogP contribution in [0.4, 0.5) is 15.3 Å². The minimum atomic E-state index is -1.16. The van der Waals surface area contributed by atoms with Crippen molar-refractivity contribution in [1.82, 2.24) is 0 Å². The summed E-state index contributed by atoms with van der Waals surface area (Å²) in [6.45, 7) is 11.3. The molecular weight excluding hydrogens is 440 g/mol. The second-order valence-electron chi connectivity index (χ2n) is 10.7. The fourth-order valence-electron chi connectivity index (χ4n) is 4.89. The maximum absolute atomic E-state index is 11.5. The first-order chi connectivity index (χ1) is 16.6. The number of ether oxygens (including phenoxy) is 1. The maximum Gasteiger partial charge on any atom is 0.420 e. The quantitative estimate of drug-likeness (QED) is 0.151. The summed E-state index contributed by atoms with van der Waals surface area (Å²) in [6, 6.07) is 6.99. The lowest BCUT2D eigenvalue weighted by molar-refractivity contribution is 0.0724. The SMILES string of the molecule is CCCCCCCCCC(CCCC(C(C)C)C(O)c1ccc(NC(=O)OC(N)=O)cc1)C(C)C. The van der Waals surface area contributed by atoms with Crippen LogP contribution in [-0.4, -0.2) is 17.3 Å². The molecule has 200 valence electrons. The molecule has 6 nitrogen and oxygen atoms in total. The van der Waals surface area contributed by atoms with Gasteiger partial charge in [0.25, 0.3) is 0 Å². The van der Waals surface area contributed by atoms with Crippen molar-refractivity contribution in [2.24, 2.45) is 29.4 Å². The van der Waals surface area contributed by atoms with Crippen molar-refractivity contribution >= 4 is 17.9 Å². The van der Waals surface area contributed by atoms with E-state index in [1.165, 1.54) is 57.8 Å². The molecule has 3 atom stereocenters. The second-order valence-corrected chi connectivity index (χ2v) is 10.7. The predicted molar refractivity (Wildman–Crippen MR) is 144 cm³/mol. The van der Waals surface area contributed by atoms with Crippen LogP contribution in [0.1, 0.15) is 117 Å². The molecule has 3 unspecified atom stereocenters. The number of carbonyl (C=O) groups excluding carboxylic acids is 2. The van der Waals surface area contributed by atoms with Crippen molar-refractivity contribution in [2.45, 2.75) is 111 Å². The lowest BCUT2D eigenvalue weighted by Gasteiger charge is -2.28. The number of nitrogens with two attached hydrogens (primary N) is 1. The van der Waals surface area contributed by atoms with E-state index in [-0.39, 0.29) is 5.92 Å². The van der Waals surface area contributed by atoms with Gasteiger partial charge in [-0.1, -0.05) is 111 Å². The average Bonchev–Trinajstić information content (AvgIpc) is 2.78. The Morgan fingerprint density at radius 1 is 0.857 bits per heavy atom. The zero-order chi connectivity index (χ0) is 26.2. The highest BCUT2D eigenvalue weighted by molar-refractivity contribution is 5.91. The Hall–Kier alpha value is -2.08. The molecule has 35 heavy (non-hydrogen) atoms. The molecule has 0 aliphatic heterocycles. The molecule has 0 aliphatic carbocycles. The highest BCUT2D eigenvalue weighted by atomic mass is 16.6. The molecular formula is C29H50N2O4. The third-order valence-electron chi connectivity index (χ3n) is 7.19. The summed E-state index contributed by atoms with van der Waals surface area (Å²) in [5.74, 6) is 1.97. The van der Waals surface area contributed by atoms with Gasteiger partial charge in [-0.3, -0.25) is 5.32 Å². The number of primary amides is 1. The van der Waals surface area contributed by atoms with Gasteiger partial charge in [-0.05, 0) is 47.8 Å². The molecule has 6 heteroatoms. The number of rotatable bonds is 17. The van der Waals surface area contributed by atoms with Crippen LogP contribution < -0.4 is 11.1 Å².